The first-order chi connectivity index (χ1) is 16.0. The van der Waals surface area contributed by atoms with Gasteiger partial charge in [-0.15, -0.1) is 5.10 Å². The maximum atomic E-state index is 12.9. The number of amides is 1. The molecule has 10 heteroatoms. The SMILES string of the molecule is O=C(CSc1nnnn1-c1ccc(Cl)cc1)Nc1ccc2c(c1)C(=O)c1ccccc1C2=O. The van der Waals surface area contributed by atoms with Crippen LogP contribution in [0.4, 0.5) is 5.69 Å². The molecule has 0 unspecified atom stereocenters. The molecule has 5 rings (SSSR count). The van der Waals surface area contributed by atoms with Crippen LogP contribution in [0.2, 0.25) is 5.02 Å². The van der Waals surface area contributed by atoms with Crippen molar-refractivity contribution in [1.29, 1.82) is 0 Å². The molecule has 1 aliphatic carbocycles. The monoisotopic (exact) mass is 475 g/mol. The average molecular weight is 476 g/mol. The van der Waals surface area contributed by atoms with Gasteiger partial charge in [0.2, 0.25) is 11.1 Å². The molecule has 0 spiro atoms. The van der Waals surface area contributed by atoms with E-state index in [4.69, 9.17) is 11.6 Å². The predicted octanol–water partition coefficient (Wildman–Crippen LogP) is 3.82. The molecule has 162 valence electrons. The highest BCUT2D eigenvalue weighted by Gasteiger charge is 2.29. The first kappa shape index (κ1) is 21.0. The van der Waals surface area contributed by atoms with Crippen molar-refractivity contribution in [3.8, 4) is 5.69 Å². The molecule has 0 radical (unpaired) electrons. The number of ketones is 2. The van der Waals surface area contributed by atoms with Crippen molar-refractivity contribution in [2.24, 2.45) is 0 Å². The zero-order valence-corrected chi connectivity index (χ0v) is 18.4. The molecule has 4 aromatic rings. The van der Waals surface area contributed by atoms with Crippen LogP contribution in [0.1, 0.15) is 31.8 Å². The van der Waals surface area contributed by atoms with Crippen LogP contribution in [0.3, 0.4) is 0 Å². The number of carbonyl (C=O) groups excluding carboxylic acids is 3. The molecule has 3 aromatic carbocycles. The molecule has 0 aliphatic heterocycles. The molecular weight excluding hydrogens is 462 g/mol. The number of thioether (sulfide) groups is 1. The minimum atomic E-state index is -0.305. The molecule has 0 saturated carbocycles. The first-order valence-electron chi connectivity index (χ1n) is 9.81. The van der Waals surface area contributed by atoms with Gasteiger partial charge in [-0.1, -0.05) is 47.6 Å². The van der Waals surface area contributed by atoms with E-state index in [0.29, 0.717) is 38.2 Å². The smallest absolute Gasteiger partial charge is 0.234 e. The van der Waals surface area contributed by atoms with Crippen LogP contribution in [0.15, 0.2) is 71.9 Å². The van der Waals surface area contributed by atoms with E-state index >= 15 is 0 Å². The van der Waals surface area contributed by atoms with E-state index in [0.717, 1.165) is 11.8 Å². The number of benzene rings is 3. The van der Waals surface area contributed by atoms with Crippen LogP contribution in [0, 0.1) is 0 Å². The second-order valence-corrected chi connectivity index (χ2v) is 8.53. The number of hydrogen-bond acceptors (Lipinski definition) is 7. The summed E-state index contributed by atoms with van der Waals surface area (Å²) in [5.74, 6) is -0.711. The van der Waals surface area contributed by atoms with Crippen molar-refractivity contribution in [1.82, 2.24) is 20.2 Å². The summed E-state index contributed by atoms with van der Waals surface area (Å²) in [5, 5.41) is 15.4. The zero-order valence-electron chi connectivity index (χ0n) is 16.9. The average Bonchev–Trinajstić information content (AvgIpc) is 3.30. The van der Waals surface area contributed by atoms with Crippen LogP contribution in [0.5, 0.6) is 0 Å². The number of nitrogens with zero attached hydrogens (tertiary/aromatic N) is 4. The molecule has 0 bridgehead atoms. The van der Waals surface area contributed by atoms with E-state index in [1.165, 1.54) is 10.7 Å². The minimum absolute atomic E-state index is 0.0424. The third-order valence-corrected chi connectivity index (χ3v) is 6.22. The summed E-state index contributed by atoms with van der Waals surface area (Å²) in [7, 11) is 0. The Hall–Kier alpha value is -3.82. The van der Waals surface area contributed by atoms with Gasteiger partial charge in [0.05, 0.1) is 11.4 Å². The number of tetrazole rings is 1. The fourth-order valence-corrected chi connectivity index (χ4v) is 4.33. The lowest BCUT2D eigenvalue weighted by Crippen LogP contribution is -2.21. The number of carbonyl (C=O) groups is 3. The molecule has 1 aromatic heterocycles. The summed E-state index contributed by atoms with van der Waals surface area (Å²) in [6.45, 7) is 0. The Bertz CT molecular complexity index is 1420. The van der Waals surface area contributed by atoms with Crippen LogP contribution < -0.4 is 5.32 Å². The lowest BCUT2D eigenvalue weighted by molar-refractivity contribution is -0.113. The van der Waals surface area contributed by atoms with Crippen molar-refractivity contribution in [2.45, 2.75) is 5.16 Å². The van der Waals surface area contributed by atoms with Gasteiger partial charge in [0.25, 0.3) is 0 Å². The van der Waals surface area contributed by atoms with Gasteiger partial charge < -0.3 is 5.32 Å². The number of nitrogens with one attached hydrogen (secondary N) is 1. The number of aromatic nitrogens is 4. The standard InChI is InChI=1S/C23H14ClN5O3S/c24-13-5-8-15(9-6-13)29-23(26-27-28-29)33-12-20(30)25-14-7-10-18-19(11-14)22(32)17-4-2-1-3-16(17)21(18)31/h1-11H,12H2,(H,25,30). The van der Waals surface area contributed by atoms with Gasteiger partial charge in [-0.3, -0.25) is 14.4 Å². The highest BCUT2D eigenvalue weighted by atomic mass is 35.5. The highest BCUT2D eigenvalue weighted by Crippen LogP contribution is 2.29. The third kappa shape index (κ3) is 4.04. The van der Waals surface area contributed by atoms with E-state index in [1.807, 2.05) is 0 Å². The molecule has 0 fully saturated rings. The first-order valence-corrected chi connectivity index (χ1v) is 11.2. The normalized spacial score (nSPS) is 12.3. The lowest BCUT2D eigenvalue weighted by Gasteiger charge is -2.18. The van der Waals surface area contributed by atoms with Crippen LogP contribution in [-0.4, -0.2) is 43.4 Å². The Balaban J connectivity index is 1.29. The number of hydrogen-bond donors (Lipinski definition) is 1. The molecule has 1 aliphatic rings. The predicted molar refractivity (Wildman–Crippen MR) is 123 cm³/mol. The third-order valence-electron chi connectivity index (χ3n) is 5.05. The van der Waals surface area contributed by atoms with Gasteiger partial charge >= 0.3 is 0 Å². The molecule has 0 saturated heterocycles. The summed E-state index contributed by atoms with van der Waals surface area (Å²) in [4.78, 5) is 38.1. The Kier molecular flexibility index (Phi) is 5.49. The number of anilines is 1. The summed E-state index contributed by atoms with van der Waals surface area (Å²) in [6.07, 6.45) is 0. The summed E-state index contributed by atoms with van der Waals surface area (Å²) < 4.78 is 1.51. The van der Waals surface area contributed by atoms with Gasteiger partial charge in [-0.25, -0.2) is 0 Å². The quantitative estimate of drug-likeness (QED) is 0.385. The molecular formula is C23H14ClN5O3S. The van der Waals surface area contributed by atoms with E-state index in [1.54, 1.807) is 60.7 Å². The Morgan fingerprint density at radius 1 is 0.909 bits per heavy atom. The van der Waals surface area contributed by atoms with Crippen molar-refractivity contribution in [2.75, 3.05) is 11.1 Å². The molecule has 0 atom stereocenters. The van der Waals surface area contributed by atoms with E-state index in [2.05, 4.69) is 20.8 Å². The maximum Gasteiger partial charge on any atom is 0.234 e. The highest BCUT2D eigenvalue weighted by molar-refractivity contribution is 7.99. The van der Waals surface area contributed by atoms with E-state index < -0.39 is 0 Å². The van der Waals surface area contributed by atoms with Crippen LogP contribution in [-0.2, 0) is 4.79 Å². The van der Waals surface area contributed by atoms with Crippen molar-refractivity contribution in [3.05, 3.63) is 94.0 Å². The van der Waals surface area contributed by atoms with Gasteiger partial charge in [-0.2, -0.15) is 4.68 Å². The van der Waals surface area contributed by atoms with Crippen LogP contribution >= 0.6 is 23.4 Å². The largest absolute Gasteiger partial charge is 0.325 e. The molecule has 33 heavy (non-hydrogen) atoms. The van der Waals surface area contributed by atoms with Crippen molar-refractivity contribution < 1.29 is 14.4 Å². The summed E-state index contributed by atoms with van der Waals surface area (Å²) >= 11 is 7.08. The number of fused-ring (bicyclic) bond motifs is 2. The fraction of sp³-hybridized carbons (Fsp3) is 0.0435. The van der Waals surface area contributed by atoms with Crippen LogP contribution in [0.25, 0.3) is 5.69 Å². The molecule has 1 heterocycles. The number of rotatable bonds is 5. The van der Waals surface area contributed by atoms with Crippen molar-refractivity contribution >= 4 is 46.5 Å². The van der Waals surface area contributed by atoms with Gasteiger partial charge in [0.1, 0.15) is 0 Å². The topological polar surface area (TPSA) is 107 Å². The second-order valence-electron chi connectivity index (χ2n) is 7.15. The molecule has 1 N–H and O–H groups in total. The molecule has 1 amide bonds. The van der Waals surface area contributed by atoms with Gasteiger partial charge in [0.15, 0.2) is 11.6 Å². The number of halogens is 1. The molecule has 8 nitrogen and oxygen atoms in total. The fourth-order valence-electron chi connectivity index (χ4n) is 3.52. The zero-order chi connectivity index (χ0) is 22.9. The maximum absolute atomic E-state index is 12.9. The van der Waals surface area contributed by atoms with Crippen molar-refractivity contribution in [3.63, 3.8) is 0 Å². The van der Waals surface area contributed by atoms with E-state index in [9.17, 15) is 14.4 Å². The summed E-state index contributed by atoms with van der Waals surface area (Å²) in [5.41, 5.74) is 2.50. The lowest BCUT2D eigenvalue weighted by atomic mass is 9.84. The summed E-state index contributed by atoms with van der Waals surface area (Å²) in [6, 6.07) is 18.4. The second kappa shape index (κ2) is 8.61. The van der Waals surface area contributed by atoms with E-state index in [-0.39, 0.29) is 28.8 Å². The minimum Gasteiger partial charge on any atom is -0.325 e. The Labute approximate surface area is 197 Å². The Morgan fingerprint density at radius 2 is 1.58 bits per heavy atom. The Morgan fingerprint density at radius 3 is 2.30 bits per heavy atom. The van der Waals surface area contributed by atoms with Gasteiger partial charge in [0, 0.05) is 33.0 Å². The van der Waals surface area contributed by atoms with Gasteiger partial charge in [-0.05, 0) is 52.9 Å².